The maximum absolute atomic E-state index is 12.5. The maximum Gasteiger partial charge on any atom is 0.271 e. The summed E-state index contributed by atoms with van der Waals surface area (Å²) in [6.07, 6.45) is 4.62. The van der Waals surface area contributed by atoms with Crippen LogP contribution in [-0.2, 0) is 21.1 Å². The van der Waals surface area contributed by atoms with E-state index in [2.05, 4.69) is 15.5 Å². The lowest BCUT2D eigenvalue weighted by Crippen LogP contribution is -2.44. The third kappa shape index (κ3) is 5.13. The molecule has 0 atom stereocenters. The van der Waals surface area contributed by atoms with E-state index in [1.807, 2.05) is 0 Å². The summed E-state index contributed by atoms with van der Waals surface area (Å²) in [6, 6.07) is 4.98. The van der Waals surface area contributed by atoms with Crippen LogP contribution in [0.15, 0.2) is 36.8 Å². The van der Waals surface area contributed by atoms with Crippen molar-refractivity contribution in [1.82, 2.24) is 24.5 Å². The van der Waals surface area contributed by atoms with Crippen molar-refractivity contribution >= 4 is 56.1 Å². The van der Waals surface area contributed by atoms with E-state index < -0.39 is 15.6 Å². The van der Waals surface area contributed by atoms with Crippen LogP contribution < -0.4 is 11.1 Å². The number of carbonyl (C=O) groups is 2. The Morgan fingerprint density at radius 3 is 2.48 bits per heavy atom. The quantitative estimate of drug-likeness (QED) is 0.461. The number of carbonyl (C=O) groups excluding carboxylic acids is 2. The molecule has 0 radical (unpaired) electrons. The number of hydrogen-bond donors (Lipinski definition) is 3. The summed E-state index contributed by atoms with van der Waals surface area (Å²) in [7, 11) is -2.58. The highest BCUT2D eigenvalue weighted by Gasteiger charge is 2.23. The molecule has 11 nitrogen and oxygen atoms in total. The number of aromatic nitrogens is 4. The van der Waals surface area contributed by atoms with E-state index in [4.69, 9.17) is 33.7 Å². The average molecular weight is 511 g/mol. The molecule has 4 N–H and O–H groups in total. The van der Waals surface area contributed by atoms with Gasteiger partial charge in [-0.2, -0.15) is 10.2 Å². The van der Waals surface area contributed by atoms with E-state index in [9.17, 15) is 13.8 Å². The number of para-hydroxylation sites is 1. The van der Waals surface area contributed by atoms with Gasteiger partial charge in [0.1, 0.15) is 12.2 Å². The van der Waals surface area contributed by atoms with Gasteiger partial charge in [-0.15, -0.1) is 0 Å². The smallest absolute Gasteiger partial charge is 0.271 e. The maximum atomic E-state index is 12.5. The molecule has 1 saturated heterocycles. The number of rotatable bonds is 6. The summed E-state index contributed by atoms with van der Waals surface area (Å²) in [5.41, 5.74) is 6.67. The summed E-state index contributed by atoms with van der Waals surface area (Å²) in [6.45, 7) is 0.566. The number of anilines is 2. The van der Waals surface area contributed by atoms with Gasteiger partial charge in [0.05, 0.1) is 33.8 Å². The topological polar surface area (TPSA) is 152 Å². The fraction of sp³-hybridized carbons (Fsp3) is 0.263. The largest absolute Gasteiger partial charge is 0.364 e. The summed E-state index contributed by atoms with van der Waals surface area (Å²) in [5, 5.41) is 12.1. The first-order valence-corrected chi connectivity index (χ1v) is 12.4. The third-order valence-electron chi connectivity index (χ3n) is 5.06. The minimum Gasteiger partial charge on any atom is -0.364 e. The predicted octanol–water partition coefficient (Wildman–Crippen LogP) is 2.11. The van der Waals surface area contributed by atoms with Gasteiger partial charge in [-0.3, -0.25) is 19.1 Å². The lowest BCUT2D eigenvalue weighted by atomic mass is 10.3. The zero-order chi connectivity index (χ0) is 23.8. The van der Waals surface area contributed by atoms with Crippen LogP contribution in [0.25, 0.3) is 5.69 Å². The van der Waals surface area contributed by atoms with Gasteiger partial charge in [-0.25, -0.2) is 8.89 Å². The molecule has 1 aliphatic heterocycles. The first-order valence-electron chi connectivity index (χ1n) is 9.78. The van der Waals surface area contributed by atoms with Crippen LogP contribution in [0.4, 0.5) is 11.4 Å². The van der Waals surface area contributed by atoms with Crippen molar-refractivity contribution in [2.75, 3.05) is 29.9 Å². The molecule has 0 spiro atoms. The van der Waals surface area contributed by atoms with Crippen molar-refractivity contribution in [3.63, 3.8) is 0 Å². The van der Waals surface area contributed by atoms with Crippen molar-refractivity contribution in [3.05, 3.63) is 52.5 Å². The molecule has 3 heterocycles. The zero-order valence-corrected chi connectivity index (χ0v) is 19.5. The SMILES string of the molecule is N=S1(=O)CCN(C(=O)Cn2cc(Nc3cn(-c4c(Cl)cccc4Cl)nc3C(N)=O)cn2)CC1. The van der Waals surface area contributed by atoms with E-state index in [1.165, 1.54) is 21.8 Å². The van der Waals surface area contributed by atoms with E-state index in [1.54, 1.807) is 29.3 Å². The molecule has 0 aliphatic carbocycles. The molecule has 1 fully saturated rings. The fourth-order valence-corrected chi connectivity index (χ4v) is 5.16. The molecular formula is C19H20Cl2N8O3S. The number of hydrogen-bond acceptors (Lipinski definition) is 7. The molecule has 14 heteroatoms. The molecule has 1 aromatic carbocycles. The van der Waals surface area contributed by atoms with Crippen molar-refractivity contribution in [1.29, 1.82) is 4.78 Å². The van der Waals surface area contributed by atoms with Gasteiger partial charge in [0.2, 0.25) is 5.91 Å². The lowest BCUT2D eigenvalue weighted by Gasteiger charge is -2.27. The molecule has 0 saturated carbocycles. The van der Waals surface area contributed by atoms with Gasteiger partial charge in [-0.1, -0.05) is 29.3 Å². The molecule has 174 valence electrons. The normalized spacial score (nSPS) is 15.4. The van der Waals surface area contributed by atoms with Crippen molar-refractivity contribution in [2.45, 2.75) is 6.54 Å². The van der Waals surface area contributed by atoms with Gasteiger partial charge < -0.3 is 16.0 Å². The summed E-state index contributed by atoms with van der Waals surface area (Å²) < 4.78 is 22.2. The zero-order valence-electron chi connectivity index (χ0n) is 17.2. The number of halogens is 2. The Labute approximate surface area is 199 Å². The Kier molecular flexibility index (Phi) is 6.32. The van der Waals surface area contributed by atoms with Gasteiger partial charge in [0.15, 0.2) is 5.69 Å². The van der Waals surface area contributed by atoms with Crippen molar-refractivity contribution in [2.24, 2.45) is 5.73 Å². The summed E-state index contributed by atoms with van der Waals surface area (Å²) >= 11 is 12.5. The molecular weight excluding hydrogens is 491 g/mol. The van der Waals surface area contributed by atoms with Crippen LogP contribution >= 0.6 is 23.2 Å². The second-order valence-corrected chi connectivity index (χ2v) is 10.7. The molecule has 3 aromatic rings. The molecule has 4 rings (SSSR count). The van der Waals surface area contributed by atoms with Gasteiger partial charge in [-0.05, 0) is 12.1 Å². The molecule has 2 amide bonds. The second-order valence-electron chi connectivity index (χ2n) is 7.42. The minimum atomic E-state index is -2.58. The van der Waals surface area contributed by atoms with Crippen LogP contribution in [0, 0.1) is 4.78 Å². The van der Waals surface area contributed by atoms with E-state index in [-0.39, 0.29) is 29.7 Å². The van der Waals surface area contributed by atoms with Gasteiger partial charge in [0, 0.05) is 40.5 Å². The molecule has 0 bridgehead atoms. The molecule has 1 aliphatic rings. The number of nitrogens with zero attached hydrogens (tertiary/aromatic N) is 5. The fourth-order valence-electron chi connectivity index (χ4n) is 3.36. The Bertz CT molecular complexity index is 1300. The highest BCUT2D eigenvalue weighted by molar-refractivity contribution is 7.92. The lowest BCUT2D eigenvalue weighted by molar-refractivity contribution is -0.131. The standard InChI is InChI=1S/C19H20Cl2N8O3S/c20-13-2-1-3-14(21)18(13)29-10-15(17(26-29)19(22)31)25-12-8-24-28(9-12)11-16(30)27-4-6-33(23,32)7-5-27/h1-3,8-10,23,25H,4-7,11H2,(H2,22,31). The minimum absolute atomic E-state index is 0.0158. The van der Waals surface area contributed by atoms with Crippen molar-refractivity contribution in [3.8, 4) is 5.69 Å². The van der Waals surface area contributed by atoms with Crippen LogP contribution in [0.5, 0.6) is 0 Å². The first-order chi connectivity index (χ1) is 15.6. The number of amides is 2. The average Bonchev–Trinajstić information content (AvgIpc) is 3.35. The number of nitrogens with two attached hydrogens (primary N) is 1. The third-order valence-corrected chi connectivity index (χ3v) is 7.35. The van der Waals surface area contributed by atoms with Crippen LogP contribution in [0.1, 0.15) is 10.5 Å². The Morgan fingerprint density at radius 1 is 1.18 bits per heavy atom. The Hall–Kier alpha value is -3.09. The highest BCUT2D eigenvalue weighted by atomic mass is 35.5. The number of benzene rings is 1. The molecule has 2 aromatic heterocycles. The summed E-state index contributed by atoms with van der Waals surface area (Å²) in [5.74, 6) is -0.573. The van der Waals surface area contributed by atoms with E-state index >= 15 is 0 Å². The van der Waals surface area contributed by atoms with Gasteiger partial charge >= 0.3 is 0 Å². The summed E-state index contributed by atoms with van der Waals surface area (Å²) in [4.78, 5) is 26.0. The van der Waals surface area contributed by atoms with E-state index in [0.29, 0.717) is 40.2 Å². The second kappa shape index (κ2) is 9.04. The monoisotopic (exact) mass is 510 g/mol. The first kappa shape index (κ1) is 23.1. The molecule has 0 unspecified atom stereocenters. The Balaban J connectivity index is 1.50. The van der Waals surface area contributed by atoms with Crippen LogP contribution in [0.2, 0.25) is 10.0 Å². The van der Waals surface area contributed by atoms with Crippen LogP contribution in [0.3, 0.4) is 0 Å². The predicted molar refractivity (Wildman–Crippen MR) is 125 cm³/mol. The molecule has 33 heavy (non-hydrogen) atoms. The van der Waals surface area contributed by atoms with E-state index in [0.717, 1.165) is 0 Å². The van der Waals surface area contributed by atoms with Crippen LogP contribution in [-0.4, -0.2) is 65.1 Å². The number of nitrogens with one attached hydrogen (secondary N) is 2. The van der Waals surface area contributed by atoms with Gasteiger partial charge in [0.25, 0.3) is 5.91 Å². The number of primary amides is 1. The van der Waals surface area contributed by atoms with Crippen molar-refractivity contribution < 1.29 is 13.8 Å². The highest BCUT2D eigenvalue weighted by Crippen LogP contribution is 2.30. The Morgan fingerprint density at radius 2 is 1.85 bits per heavy atom.